The second-order valence-corrected chi connectivity index (χ2v) is 6.53. The normalized spacial score (nSPS) is 16.9. The lowest BCUT2D eigenvalue weighted by Gasteiger charge is -2.16. The van der Waals surface area contributed by atoms with Crippen molar-refractivity contribution in [2.24, 2.45) is 0 Å². The van der Waals surface area contributed by atoms with Crippen LogP contribution in [0, 0.1) is 0 Å². The number of aromatic nitrogens is 1. The van der Waals surface area contributed by atoms with Crippen molar-refractivity contribution in [1.29, 1.82) is 0 Å². The molecule has 126 valence electrons. The smallest absolute Gasteiger partial charge is 0.273 e. The van der Waals surface area contributed by atoms with Crippen molar-refractivity contribution < 1.29 is 9.59 Å². The Kier molecular flexibility index (Phi) is 5.10. The molecule has 2 amide bonds. The van der Waals surface area contributed by atoms with Gasteiger partial charge in [-0.25, -0.2) is 4.98 Å². The van der Waals surface area contributed by atoms with Crippen LogP contribution in [0.5, 0.6) is 0 Å². The van der Waals surface area contributed by atoms with Gasteiger partial charge in [-0.1, -0.05) is 25.1 Å². The predicted molar refractivity (Wildman–Crippen MR) is 94.6 cm³/mol. The maximum atomic E-state index is 12.5. The van der Waals surface area contributed by atoms with Crippen LogP contribution in [0.1, 0.15) is 30.3 Å². The monoisotopic (exact) mass is 344 g/mol. The van der Waals surface area contributed by atoms with Gasteiger partial charge >= 0.3 is 0 Å². The summed E-state index contributed by atoms with van der Waals surface area (Å²) in [7, 11) is 0. The number of nitrogens with one attached hydrogen (secondary N) is 2. The summed E-state index contributed by atoms with van der Waals surface area (Å²) in [5, 5.41) is 6.93. The Balaban J connectivity index is 1.62. The van der Waals surface area contributed by atoms with Crippen LogP contribution in [0.2, 0.25) is 0 Å². The summed E-state index contributed by atoms with van der Waals surface area (Å²) in [6, 6.07) is 9.66. The van der Waals surface area contributed by atoms with Gasteiger partial charge in [0.25, 0.3) is 5.91 Å². The molecule has 1 aliphatic heterocycles. The minimum absolute atomic E-state index is 0.0146. The van der Waals surface area contributed by atoms with E-state index in [9.17, 15) is 9.59 Å². The summed E-state index contributed by atoms with van der Waals surface area (Å²) in [4.78, 5) is 30.2. The third-order valence-corrected chi connectivity index (χ3v) is 4.73. The summed E-state index contributed by atoms with van der Waals surface area (Å²) in [6.07, 6.45) is 1.28. The maximum Gasteiger partial charge on any atom is 0.273 e. The molecule has 0 bridgehead atoms. The highest BCUT2D eigenvalue weighted by atomic mass is 32.1. The standard InChI is InChI=1S/C17H20N4O2S/c1-2-14(22)21-9-8-13(10-21)19-16(23)15-17(24-11-18-15)20-12-6-4-3-5-7-12/h3-7,11,13,20H,2,8-10H2,1H3,(H,19,23). The number of rotatable bonds is 5. The van der Waals surface area contributed by atoms with Gasteiger partial charge < -0.3 is 15.5 Å². The first-order valence-corrected chi connectivity index (χ1v) is 8.89. The third kappa shape index (κ3) is 3.73. The molecule has 1 saturated heterocycles. The molecule has 1 fully saturated rings. The zero-order chi connectivity index (χ0) is 16.9. The average molecular weight is 344 g/mol. The van der Waals surface area contributed by atoms with E-state index in [2.05, 4.69) is 15.6 Å². The SMILES string of the molecule is CCC(=O)N1CCC(NC(=O)c2ncsc2Nc2ccccc2)C1. The summed E-state index contributed by atoms with van der Waals surface area (Å²) in [5.41, 5.74) is 2.96. The Labute approximate surface area is 144 Å². The van der Waals surface area contributed by atoms with Gasteiger partial charge in [0.15, 0.2) is 5.69 Å². The molecular formula is C17H20N4O2S. The molecule has 1 unspecified atom stereocenters. The molecule has 0 spiro atoms. The largest absolute Gasteiger partial charge is 0.346 e. The van der Waals surface area contributed by atoms with Gasteiger partial charge in [-0.15, -0.1) is 11.3 Å². The molecule has 1 aromatic carbocycles. The molecule has 3 rings (SSSR count). The Morgan fingerprint density at radius 3 is 2.88 bits per heavy atom. The predicted octanol–water partition coefficient (Wildman–Crippen LogP) is 2.63. The summed E-state index contributed by atoms with van der Waals surface area (Å²) in [6.45, 7) is 3.12. The number of hydrogen-bond donors (Lipinski definition) is 2. The van der Waals surface area contributed by atoms with Crippen molar-refractivity contribution in [3.8, 4) is 0 Å². The molecule has 1 aromatic heterocycles. The van der Waals surface area contributed by atoms with Crippen LogP contribution in [0.3, 0.4) is 0 Å². The molecule has 2 heterocycles. The van der Waals surface area contributed by atoms with Gasteiger partial charge in [-0.3, -0.25) is 9.59 Å². The lowest BCUT2D eigenvalue weighted by Crippen LogP contribution is -2.38. The first-order valence-electron chi connectivity index (χ1n) is 8.01. The second-order valence-electron chi connectivity index (χ2n) is 5.67. The van der Waals surface area contributed by atoms with E-state index in [1.807, 2.05) is 37.3 Å². The number of likely N-dealkylation sites (tertiary alicyclic amines) is 1. The molecule has 1 aliphatic rings. The van der Waals surface area contributed by atoms with Gasteiger partial charge in [0.1, 0.15) is 5.00 Å². The van der Waals surface area contributed by atoms with E-state index in [1.165, 1.54) is 11.3 Å². The van der Waals surface area contributed by atoms with Gasteiger partial charge in [0.2, 0.25) is 5.91 Å². The Hall–Kier alpha value is -2.41. The zero-order valence-corrected chi connectivity index (χ0v) is 14.3. The number of hydrogen-bond acceptors (Lipinski definition) is 5. The van der Waals surface area contributed by atoms with Crippen molar-refractivity contribution in [1.82, 2.24) is 15.2 Å². The lowest BCUT2D eigenvalue weighted by molar-refractivity contribution is -0.129. The van der Waals surface area contributed by atoms with Crippen LogP contribution in [0.15, 0.2) is 35.8 Å². The minimum atomic E-state index is -0.203. The van der Waals surface area contributed by atoms with Gasteiger partial charge in [-0.2, -0.15) is 0 Å². The number of para-hydroxylation sites is 1. The van der Waals surface area contributed by atoms with Crippen LogP contribution < -0.4 is 10.6 Å². The van der Waals surface area contributed by atoms with E-state index < -0.39 is 0 Å². The number of carbonyl (C=O) groups is 2. The van der Waals surface area contributed by atoms with Crippen molar-refractivity contribution in [3.63, 3.8) is 0 Å². The number of anilines is 2. The summed E-state index contributed by atoms with van der Waals surface area (Å²) >= 11 is 1.39. The van der Waals surface area contributed by atoms with E-state index in [0.717, 1.165) is 17.1 Å². The fourth-order valence-electron chi connectivity index (χ4n) is 2.73. The van der Waals surface area contributed by atoms with Crippen molar-refractivity contribution in [3.05, 3.63) is 41.5 Å². The highest BCUT2D eigenvalue weighted by molar-refractivity contribution is 7.14. The molecule has 7 heteroatoms. The Bertz CT molecular complexity index is 716. The van der Waals surface area contributed by atoms with E-state index in [-0.39, 0.29) is 17.9 Å². The lowest BCUT2D eigenvalue weighted by atomic mass is 10.2. The quantitative estimate of drug-likeness (QED) is 0.874. The molecule has 0 saturated carbocycles. The average Bonchev–Trinajstić information content (AvgIpc) is 3.24. The van der Waals surface area contributed by atoms with Gasteiger partial charge in [-0.05, 0) is 18.6 Å². The molecule has 1 atom stereocenters. The summed E-state index contributed by atoms with van der Waals surface area (Å²) < 4.78 is 0. The first-order chi connectivity index (χ1) is 11.7. The molecule has 0 radical (unpaired) electrons. The second kappa shape index (κ2) is 7.44. The Morgan fingerprint density at radius 2 is 2.12 bits per heavy atom. The van der Waals surface area contributed by atoms with E-state index in [1.54, 1.807) is 10.4 Å². The fraction of sp³-hybridized carbons (Fsp3) is 0.353. The molecular weight excluding hydrogens is 324 g/mol. The Morgan fingerprint density at radius 1 is 1.33 bits per heavy atom. The fourth-order valence-corrected chi connectivity index (χ4v) is 3.43. The van der Waals surface area contributed by atoms with Crippen molar-refractivity contribution >= 4 is 33.8 Å². The number of carbonyl (C=O) groups excluding carboxylic acids is 2. The number of thiazole rings is 1. The van der Waals surface area contributed by atoms with Gasteiger partial charge in [0.05, 0.1) is 5.51 Å². The third-order valence-electron chi connectivity index (χ3n) is 3.99. The number of amides is 2. The molecule has 2 aromatic rings. The molecule has 24 heavy (non-hydrogen) atoms. The van der Waals surface area contributed by atoms with Crippen LogP contribution in [0.25, 0.3) is 0 Å². The highest BCUT2D eigenvalue weighted by Gasteiger charge is 2.27. The van der Waals surface area contributed by atoms with Crippen LogP contribution >= 0.6 is 11.3 Å². The van der Waals surface area contributed by atoms with Crippen molar-refractivity contribution in [2.45, 2.75) is 25.8 Å². The van der Waals surface area contributed by atoms with Gasteiger partial charge in [0, 0.05) is 31.2 Å². The van der Waals surface area contributed by atoms with Crippen LogP contribution in [0.4, 0.5) is 10.7 Å². The van der Waals surface area contributed by atoms with E-state index in [4.69, 9.17) is 0 Å². The van der Waals surface area contributed by atoms with E-state index in [0.29, 0.717) is 25.2 Å². The summed E-state index contributed by atoms with van der Waals surface area (Å²) in [5.74, 6) is -0.0719. The molecule has 0 aliphatic carbocycles. The van der Waals surface area contributed by atoms with Crippen molar-refractivity contribution in [2.75, 3.05) is 18.4 Å². The topological polar surface area (TPSA) is 74.3 Å². The number of benzene rings is 1. The first kappa shape index (κ1) is 16.4. The molecule has 2 N–H and O–H groups in total. The minimum Gasteiger partial charge on any atom is -0.346 e. The number of nitrogens with zero attached hydrogens (tertiary/aromatic N) is 2. The van der Waals surface area contributed by atoms with Crippen LogP contribution in [-0.4, -0.2) is 40.8 Å². The van der Waals surface area contributed by atoms with Crippen LogP contribution in [-0.2, 0) is 4.79 Å². The maximum absolute atomic E-state index is 12.5. The van der Waals surface area contributed by atoms with E-state index >= 15 is 0 Å². The highest BCUT2D eigenvalue weighted by Crippen LogP contribution is 2.25. The molecule has 6 nitrogen and oxygen atoms in total. The zero-order valence-electron chi connectivity index (χ0n) is 13.5.